The molecule has 1 saturated carbocycles. The minimum Gasteiger partial charge on any atom is -0.381 e. The van der Waals surface area contributed by atoms with Gasteiger partial charge in [0.05, 0.1) is 0 Å². The first-order valence-electron chi connectivity index (χ1n) is 7.80. The number of hydrogen-bond donors (Lipinski definition) is 1. The fourth-order valence-electron chi connectivity index (χ4n) is 3.18. The predicted octanol–water partition coefficient (Wildman–Crippen LogP) is 1.68. The summed E-state index contributed by atoms with van der Waals surface area (Å²) in [6.07, 6.45) is 6.64. The first-order valence-corrected chi connectivity index (χ1v) is 7.80. The van der Waals surface area contributed by atoms with E-state index >= 15 is 0 Å². The lowest BCUT2D eigenvalue weighted by Crippen LogP contribution is -2.59. The van der Waals surface area contributed by atoms with Gasteiger partial charge >= 0.3 is 6.03 Å². The zero-order chi connectivity index (χ0) is 14.6. The molecule has 1 atom stereocenters. The number of nitrogens with zero attached hydrogens (tertiary/aromatic N) is 2. The largest absolute Gasteiger partial charge is 0.381 e. The molecule has 0 aromatic rings. The molecule has 1 aliphatic heterocycles. The Kier molecular flexibility index (Phi) is 5.27. The van der Waals surface area contributed by atoms with Gasteiger partial charge in [0.2, 0.25) is 0 Å². The normalized spacial score (nSPS) is 25.7. The molecule has 0 aromatic carbocycles. The lowest BCUT2D eigenvalue weighted by Gasteiger charge is -2.49. The van der Waals surface area contributed by atoms with Gasteiger partial charge in [0.15, 0.2) is 0 Å². The summed E-state index contributed by atoms with van der Waals surface area (Å²) in [7, 11) is 6.15. The zero-order valence-electron chi connectivity index (χ0n) is 13.2. The highest BCUT2D eigenvalue weighted by atomic mass is 16.5. The Labute approximate surface area is 122 Å². The summed E-state index contributed by atoms with van der Waals surface area (Å²) in [6.45, 7) is 2.40. The van der Waals surface area contributed by atoms with Crippen LogP contribution in [0.1, 0.15) is 38.5 Å². The van der Waals surface area contributed by atoms with Gasteiger partial charge in [-0.15, -0.1) is 0 Å². The van der Waals surface area contributed by atoms with E-state index in [1.807, 2.05) is 11.9 Å². The number of urea groups is 1. The van der Waals surface area contributed by atoms with E-state index in [4.69, 9.17) is 4.74 Å². The van der Waals surface area contributed by atoms with Crippen molar-refractivity contribution in [2.24, 2.45) is 0 Å². The van der Waals surface area contributed by atoms with Crippen LogP contribution in [0.2, 0.25) is 0 Å². The van der Waals surface area contributed by atoms with Crippen LogP contribution in [0.15, 0.2) is 0 Å². The van der Waals surface area contributed by atoms with E-state index in [0.717, 1.165) is 39.0 Å². The van der Waals surface area contributed by atoms with Crippen LogP contribution in [0.5, 0.6) is 0 Å². The first kappa shape index (κ1) is 15.6. The van der Waals surface area contributed by atoms with Crippen molar-refractivity contribution >= 4 is 6.03 Å². The molecule has 0 aromatic heterocycles. The molecule has 0 bridgehead atoms. The van der Waals surface area contributed by atoms with E-state index in [1.54, 1.807) is 0 Å². The summed E-state index contributed by atoms with van der Waals surface area (Å²) in [5.74, 6) is 0. The monoisotopic (exact) mass is 283 g/mol. The number of likely N-dealkylation sites (N-methyl/N-ethyl adjacent to an activating group) is 2. The maximum atomic E-state index is 12.3. The quantitative estimate of drug-likeness (QED) is 0.854. The summed E-state index contributed by atoms with van der Waals surface area (Å²) < 4.78 is 5.43. The van der Waals surface area contributed by atoms with Crippen LogP contribution in [0.4, 0.5) is 4.79 Å². The van der Waals surface area contributed by atoms with Crippen molar-refractivity contribution in [3.05, 3.63) is 0 Å². The molecule has 1 heterocycles. The standard InChI is InChI=1S/C15H29N3O2/c1-17(2)15(8-5-9-15)12-18(3)14(19)16-13-6-4-10-20-11-7-13/h13H,4-12H2,1-3H3,(H,16,19)/t13-/m0/s1. The Balaban J connectivity index is 1.82. The molecule has 20 heavy (non-hydrogen) atoms. The van der Waals surface area contributed by atoms with Crippen LogP contribution in [-0.2, 0) is 4.74 Å². The Morgan fingerprint density at radius 3 is 2.55 bits per heavy atom. The zero-order valence-corrected chi connectivity index (χ0v) is 13.2. The van der Waals surface area contributed by atoms with Crippen molar-refractivity contribution in [3.8, 4) is 0 Å². The molecule has 1 aliphatic carbocycles. The molecule has 2 amide bonds. The molecule has 0 radical (unpaired) electrons. The first-order chi connectivity index (χ1) is 9.53. The van der Waals surface area contributed by atoms with Crippen molar-refractivity contribution in [2.45, 2.75) is 50.1 Å². The third kappa shape index (κ3) is 3.64. The lowest BCUT2D eigenvalue weighted by atomic mass is 9.75. The average molecular weight is 283 g/mol. The maximum absolute atomic E-state index is 12.3. The van der Waals surface area contributed by atoms with Crippen LogP contribution in [-0.4, -0.2) is 68.3 Å². The van der Waals surface area contributed by atoms with E-state index in [-0.39, 0.29) is 17.6 Å². The number of amides is 2. The van der Waals surface area contributed by atoms with Crippen LogP contribution in [0.3, 0.4) is 0 Å². The number of hydrogen-bond acceptors (Lipinski definition) is 3. The molecule has 1 saturated heterocycles. The number of carbonyl (C=O) groups is 1. The molecule has 5 heteroatoms. The highest BCUT2D eigenvalue weighted by Gasteiger charge is 2.40. The van der Waals surface area contributed by atoms with Gasteiger partial charge in [-0.2, -0.15) is 0 Å². The number of nitrogens with one attached hydrogen (secondary N) is 1. The highest BCUT2D eigenvalue weighted by molar-refractivity contribution is 5.74. The molecule has 0 spiro atoms. The molecule has 1 N–H and O–H groups in total. The molecule has 2 fully saturated rings. The van der Waals surface area contributed by atoms with Gasteiger partial charge in [-0.25, -0.2) is 4.79 Å². The summed E-state index contributed by atoms with van der Waals surface area (Å²) in [4.78, 5) is 16.4. The van der Waals surface area contributed by atoms with Crippen LogP contribution in [0.25, 0.3) is 0 Å². The smallest absolute Gasteiger partial charge is 0.317 e. The van der Waals surface area contributed by atoms with Gasteiger partial charge < -0.3 is 19.9 Å². The molecule has 2 rings (SSSR count). The number of carbonyl (C=O) groups excluding carboxylic acids is 1. The molecule has 2 aliphatic rings. The Bertz CT molecular complexity index is 321. The molecule has 5 nitrogen and oxygen atoms in total. The van der Waals surface area contributed by atoms with E-state index in [9.17, 15) is 4.79 Å². The SMILES string of the molecule is CN(CC1(N(C)C)CCC1)C(=O)N[C@H]1CCCOCC1. The number of ether oxygens (including phenoxy) is 1. The van der Waals surface area contributed by atoms with E-state index < -0.39 is 0 Å². The van der Waals surface area contributed by atoms with Gasteiger partial charge in [-0.1, -0.05) is 0 Å². The van der Waals surface area contributed by atoms with Gasteiger partial charge in [0.25, 0.3) is 0 Å². The third-order valence-corrected chi connectivity index (χ3v) is 4.89. The summed E-state index contributed by atoms with van der Waals surface area (Å²) >= 11 is 0. The van der Waals surface area contributed by atoms with Crippen molar-refractivity contribution in [3.63, 3.8) is 0 Å². The molecule has 116 valence electrons. The number of rotatable bonds is 4. The van der Waals surface area contributed by atoms with E-state index in [2.05, 4.69) is 24.3 Å². The molecule has 0 unspecified atom stereocenters. The van der Waals surface area contributed by atoms with Gasteiger partial charge in [0.1, 0.15) is 0 Å². The Morgan fingerprint density at radius 2 is 1.95 bits per heavy atom. The fourth-order valence-corrected chi connectivity index (χ4v) is 3.18. The van der Waals surface area contributed by atoms with Crippen molar-refractivity contribution in [1.29, 1.82) is 0 Å². The van der Waals surface area contributed by atoms with Crippen LogP contribution in [0, 0.1) is 0 Å². The van der Waals surface area contributed by atoms with Crippen molar-refractivity contribution in [1.82, 2.24) is 15.1 Å². The predicted molar refractivity (Wildman–Crippen MR) is 79.9 cm³/mol. The van der Waals surface area contributed by atoms with Gasteiger partial charge in [-0.05, 0) is 52.6 Å². The third-order valence-electron chi connectivity index (χ3n) is 4.89. The summed E-state index contributed by atoms with van der Waals surface area (Å²) in [6, 6.07) is 0.328. The molecular weight excluding hydrogens is 254 g/mol. The highest BCUT2D eigenvalue weighted by Crippen LogP contribution is 2.36. The lowest BCUT2D eigenvalue weighted by molar-refractivity contribution is 0.0360. The summed E-state index contributed by atoms with van der Waals surface area (Å²) in [5.41, 5.74) is 0.193. The second-order valence-electron chi connectivity index (χ2n) is 6.52. The van der Waals surface area contributed by atoms with Crippen molar-refractivity contribution < 1.29 is 9.53 Å². The Hall–Kier alpha value is -0.810. The summed E-state index contributed by atoms with van der Waals surface area (Å²) in [5, 5.41) is 3.16. The van der Waals surface area contributed by atoms with Crippen LogP contribution < -0.4 is 5.32 Å². The molecular formula is C15H29N3O2. The van der Waals surface area contributed by atoms with Crippen molar-refractivity contribution in [2.75, 3.05) is 40.9 Å². The van der Waals surface area contributed by atoms with E-state index in [0.29, 0.717) is 0 Å². The van der Waals surface area contributed by atoms with Gasteiger partial charge in [-0.3, -0.25) is 0 Å². The topological polar surface area (TPSA) is 44.8 Å². The van der Waals surface area contributed by atoms with Gasteiger partial charge in [0, 0.05) is 38.4 Å². The van der Waals surface area contributed by atoms with E-state index in [1.165, 1.54) is 19.3 Å². The van der Waals surface area contributed by atoms with Crippen LogP contribution >= 0.6 is 0 Å². The average Bonchev–Trinajstić information content (AvgIpc) is 2.61. The Morgan fingerprint density at radius 1 is 1.20 bits per heavy atom. The fraction of sp³-hybridized carbons (Fsp3) is 0.933. The maximum Gasteiger partial charge on any atom is 0.317 e. The second-order valence-corrected chi connectivity index (χ2v) is 6.52. The minimum atomic E-state index is 0.0602. The second kappa shape index (κ2) is 6.76. The minimum absolute atomic E-state index is 0.0602.